The molecule has 0 spiro atoms. The van der Waals surface area contributed by atoms with Crippen LogP contribution < -0.4 is 10.6 Å². The van der Waals surface area contributed by atoms with Crippen molar-refractivity contribution < 1.29 is 4.79 Å². The van der Waals surface area contributed by atoms with Gasteiger partial charge in [-0.25, -0.2) is 0 Å². The van der Waals surface area contributed by atoms with E-state index >= 15 is 0 Å². The van der Waals surface area contributed by atoms with Crippen molar-refractivity contribution in [1.29, 1.82) is 0 Å². The molecule has 3 rings (SSSR count). The molecule has 3 unspecified atom stereocenters. The first-order chi connectivity index (χ1) is 8.83. The number of carbonyl (C=O) groups is 1. The largest absolute Gasteiger partial charge is 0.352 e. The van der Waals surface area contributed by atoms with E-state index in [0.717, 1.165) is 19.4 Å². The van der Waals surface area contributed by atoms with Crippen molar-refractivity contribution >= 4 is 5.91 Å². The van der Waals surface area contributed by atoms with Crippen molar-refractivity contribution in [2.45, 2.75) is 63.1 Å². The van der Waals surface area contributed by atoms with Crippen LogP contribution in [0.2, 0.25) is 0 Å². The molecular weight excluding hydrogens is 226 g/mol. The van der Waals surface area contributed by atoms with E-state index in [4.69, 9.17) is 0 Å². The van der Waals surface area contributed by atoms with Gasteiger partial charge in [0.05, 0.1) is 0 Å². The molecule has 3 heterocycles. The highest BCUT2D eigenvalue weighted by atomic mass is 16.1. The van der Waals surface area contributed by atoms with Gasteiger partial charge in [-0.3, -0.25) is 9.69 Å². The second-order valence-electron chi connectivity index (χ2n) is 6.06. The fourth-order valence-corrected chi connectivity index (χ4v) is 3.84. The Kier molecular flexibility index (Phi) is 3.85. The molecule has 3 aliphatic rings. The summed E-state index contributed by atoms with van der Waals surface area (Å²) in [5.74, 6) is 0.258. The highest BCUT2D eigenvalue weighted by Gasteiger charge is 2.37. The molecule has 0 aromatic rings. The first-order valence-electron chi connectivity index (χ1n) is 7.60. The monoisotopic (exact) mass is 251 g/mol. The Labute approximate surface area is 109 Å². The molecule has 0 radical (unpaired) electrons. The lowest BCUT2D eigenvalue weighted by Gasteiger charge is -2.25. The molecule has 3 saturated heterocycles. The van der Waals surface area contributed by atoms with Crippen LogP contribution in [0.15, 0.2) is 0 Å². The van der Waals surface area contributed by atoms with Crippen molar-refractivity contribution in [2.24, 2.45) is 0 Å². The summed E-state index contributed by atoms with van der Waals surface area (Å²) in [4.78, 5) is 14.6. The van der Waals surface area contributed by atoms with Gasteiger partial charge in [0.2, 0.25) is 5.91 Å². The van der Waals surface area contributed by atoms with Gasteiger partial charge in [-0.05, 0) is 45.2 Å². The van der Waals surface area contributed by atoms with Gasteiger partial charge in [-0.1, -0.05) is 6.42 Å². The lowest BCUT2D eigenvalue weighted by atomic mass is 10.0. The maximum atomic E-state index is 12.1. The normalized spacial score (nSPS) is 36.6. The van der Waals surface area contributed by atoms with Crippen molar-refractivity contribution in [3.8, 4) is 0 Å². The lowest BCUT2D eigenvalue weighted by Crippen LogP contribution is -2.45. The summed E-state index contributed by atoms with van der Waals surface area (Å²) in [6, 6.07) is 1.47. The Hall–Kier alpha value is -0.610. The Balaban J connectivity index is 1.45. The van der Waals surface area contributed by atoms with E-state index in [-0.39, 0.29) is 5.91 Å². The highest BCUT2D eigenvalue weighted by Crippen LogP contribution is 2.27. The van der Waals surface area contributed by atoms with Crippen LogP contribution in [0.25, 0.3) is 0 Å². The summed E-state index contributed by atoms with van der Waals surface area (Å²) in [7, 11) is 0. The summed E-state index contributed by atoms with van der Waals surface area (Å²) in [6.45, 7) is 3.50. The molecular formula is C14H25N3O. The summed E-state index contributed by atoms with van der Waals surface area (Å²) in [5.41, 5.74) is 0. The molecule has 0 aliphatic carbocycles. The highest BCUT2D eigenvalue weighted by molar-refractivity contribution is 5.77. The van der Waals surface area contributed by atoms with E-state index < -0.39 is 0 Å². The molecule has 2 N–H and O–H groups in total. The average Bonchev–Trinajstić information content (AvgIpc) is 2.95. The van der Waals surface area contributed by atoms with E-state index in [2.05, 4.69) is 15.5 Å². The fourth-order valence-electron chi connectivity index (χ4n) is 3.84. The van der Waals surface area contributed by atoms with Gasteiger partial charge in [0.25, 0.3) is 0 Å². The number of nitrogens with one attached hydrogen (secondary N) is 2. The van der Waals surface area contributed by atoms with Crippen LogP contribution in [-0.4, -0.2) is 48.6 Å². The first kappa shape index (κ1) is 12.4. The van der Waals surface area contributed by atoms with Crippen LogP contribution >= 0.6 is 0 Å². The van der Waals surface area contributed by atoms with E-state index in [1.54, 1.807) is 0 Å². The van der Waals surface area contributed by atoms with E-state index in [1.807, 2.05) is 0 Å². The van der Waals surface area contributed by atoms with Gasteiger partial charge in [-0.15, -0.1) is 0 Å². The smallest absolute Gasteiger partial charge is 0.221 e. The molecule has 18 heavy (non-hydrogen) atoms. The number of hydrogen-bond acceptors (Lipinski definition) is 3. The summed E-state index contributed by atoms with van der Waals surface area (Å²) >= 11 is 0. The van der Waals surface area contributed by atoms with Crippen LogP contribution in [0, 0.1) is 0 Å². The molecule has 4 heteroatoms. The summed E-state index contributed by atoms with van der Waals surface area (Å²) in [6.07, 6.45) is 8.09. The Morgan fingerprint density at radius 3 is 2.94 bits per heavy atom. The Morgan fingerprint density at radius 2 is 2.11 bits per heavy atom. The molecule has 1 amide bonds. The average molecular weight is 251 g/mol. The predicted octanol–water partition coefficient (Wildman–Crippen LogP) is 0.872. The third-order valence-electron chi connectivity index (χ3n) is 4.80. The number of hydrogen-bond donors (Lipinski definition) is 2. The molecule has 3 aliphatic heterocycles. The number of rotatable bonds is 3. The molecule has 0 aromatic heterocycles. The van der Waals surface area contributed by atoms with Crippen LogP contribution in [0.5, 0.6) is 0 Å². The molecule has 0 aromatic carbocycles. The molecule has 4 nitrogen and oxygen atoms in total. The van der Waals surface area contributed by atoms with Crippen molar-refractivity contribution in [3.05, 3.63) is 0 Å². The van der Waals surface area contributed by atoms with Gasteiger partial charge < -0.3 is 10.6 Å². The zero-order valence-electron chi connectivity index (χ0n) is 11.2. The second kappa shape index (κ2) is 5.57. The zero-order valence-corrected chi connectivity index (χ0v) is 11.2. The molecule has 0 bridgehead atoms. The SMILES string of the molecule is O=C(CC1CCCCN1)NC1CCN2CCCC12. The van der Waals surface area contributed by atoms with Crippen LogP contribution in [0.4, 0.5) is 0 Å². The number of piperidine rings is 1. The summed E-state index contributed by atoms with van der Waals surface area (Å²) in [5, 5.41) is 6.73. The molecule has 102 valence electrons. The van der Waals surface area contributed by atoms with Crippen LogP contribution in [0.1, 0.15) is 44.9 Å². The van der Waals surface area contributed by atoms with E-state index in [0.29, 0.717) is 24.5 Å². The Morgan fingerprint density at radius 1 is 1.17 bits per heavy atom. The third kappa shape index (κ3) is 2.69. The van der Waals surface area contributed by atoms with Gasteiger partial charge in [-0.2, -0.15) is 0 Å². The third-order valence-corrected chi connectivity index (χ3v) is 4.80. The standard InChI is InChI=1S/C14H25N3O/c18-14(10-11-4-1-2-7-15-11)16-12-6-9-17-8-3-5-13(12)17/h11-13,15H,1-10H2,(H,16,18). The predicted molar refractivity (Wildman–Crippen MR) is 71.4 cm³/mol. The number of fused-ring (bicyclic) bond motifs is 1. The van der Waals surface area contributed by atoms with Crippen molar-refractivity contribution in [2.75, 3.05) is 19.6 Å². The van der Waals surface area contributed by atoms with E-state index in [1.165, 1.54) is 38.8 Å². The number of amides is 1. The summed E-state index contributed by atoms with van der Waals surface area (Å²) < 4.78 is 0. The minimum atomic E-state index is 0.258. The lowest BCUT2D eigenvalue weighted by molar-refractivity contribution is -0.122. The minimum Gasteiger partial charge on any atom is -0.352 e. The van der Waals surface area contributed by atoms with Gasteiger partial charge in [0.1, 0.15) is 0 Å². The van der Waals surface area contributed by atoms with E-state index in [9.17, 15) is 4.79 Å². The van der Waals surface area contributed by atoms with Gasteiger partial charge >= 0.3 is 0 Å². The van der Waals surface area contributed by atoms with Crippen LogP contribution in [0.3, 0.4) is 0 Å². The van der Waals surface area contributed by atoms with Gasteiger partial charge in [0.15, 0.2) is 0 Å². The minimum absolute atomic E-state index is 0.258. The second-order valence-corrected chi connectivity index (χ2v) is 6.06. The molecule has 3 fully saturated rings. The quantitative estimate of drug-likeness (QED) is 0.782. The number of carbonyl (C=O) groups excluding carboxylic acids is 1. The van der Waals surface area contributed by atoms with Crippen LogP contribution in [-0.2, 0) is 4.79 Å². The fraction of sp³-hybridized carbons (Fsp3) is 0.929. The molecule has 0 saturated carbocycles. The number of nitrogens with zero attached hydrogens (tertiary/aromatic N) is 1. The maximum absolute atomic E-state index is 12.1. The maximum Gasteiger partial charge on any atom is 0.221 e. The first-order valence-corrected chi connectivity index (χ1v) is 7.60. The topological polar surface area (TPSA) is 44.4 Å². The van der Waals surface area contributed by atoms with Gasteiger partial charge in [0, 0.05) is 31.1 Å². The Bertz CT molecular complexity index is 301. The molecule has 3 atom stereocenters. The zero-order chi connectivity index (χ0) is 12.4. The van der Waals surface area contributed by atoms with Crippen molar-refractivity contribution in [1.82, 2.24) is 15.5 Å². The van der Waals surface area contributed by atoms with Crippen molar-refractivity contribution in [3.63, 3.8) is 0 Å².